The maximum Gasteiger partial charge on any atom is 0.472 e. The Hall–Kier alpha value is -3.67. The van der Waals surface area contributed by atoms with Gasteiger partial charge in [-0.2, -0.15) is 0 Å². The lowest BCUT2D eigenvalue weighted by Crippen LogP contribution is -2.29. The molecular formula is C47H74NO10P. The normalized spacial score (nSPS) is 15.6. The van der Waals surface area contributed by atoms with Crippen LogP contribution in [0.5, 0.6) is 0 Å². The molecule has 0 aromatic carbocycles. The summed E-state index contributed by atoms with van der Waals surface area (Å²) < 4.78 is 32.5. The first-order valence-corrected chi connectivity index (χ1v) is 22.7. The smallest absolute Gasteiger partial charge is 0.462 e. The first-order valence-electron chi connectivity index (χ1n) is 21.2. The van der Waals surface area contributed by atoms with Crippen LogP contribution in [0.4, 0.5) is 0 Å². The highest BCUT2D eigenvalue weighted by Crippen LogP contribution is 2.43. The molecule has 0 aliphatic heterocycles. The van der Waals surface area contributed by atoms with Crippen LogP contribution in [0.15, 0.2) is 122 Å². The number of hydrogen-bond donors (Lipinski definition) is 4. The van der Waals surface area contributed by atoms with Crippen LogP contribution in [-0.4, -0.2) is 71.7 Å². The van der Waals surface area contributed by atoms with Crippen molar-refractivity contribution in [1.29, 1.82) is 0 Å². The average molecular weight is 844 g/mol. The molecule has 0 spiro atoms. The number of phosphoric ester groups is 1. The van der Waals surface area contributed by atoms with Crippen LogP contribution in [0.1, 0.15) is 117 Å². The lowest BCUT2D eigenvalue weighted by atomic mass is 10.1. The Morgan fingerprint density at radius 1 is 0.627 bits per heavy atom. The molecule has 0 aromatic heterocycles. The molecule has 0 saturated carbocycles. The van der Waals surface area contributed by atoms with Gasteiger partial charge in [0.1, 0.15) is 6.61 Å². The van der Waals surface area contributed by atoms with Crippen LogP contribution < -0.4 is 5.73 Å². The summed E-state index contributed by atoms with van der Waals surface area (Å²) in [5.74, 6) is -1.18. The number of nitrogens with two attached hydrogens (primary N) is 1. The van der Waals surface area contributed by atoms with E-state index in [1.165, 1.54) is 12.8 Å². The van der Waals surface area contributed by atoms with Crippen molar-refractivity contribution in [3.8, 4) is 0 Å². The second-order valence-electron chi connectivity index (χ2n) is 13.5. The van der Waals surface area contributed by atoms with E-state index in [1.807, 2.05) is 18.2 Å². The highest BCUT2D eigenvalue weighted by molar-refractivity contribution is 7.47. The van der Waals surface area contributed by atoms with Crippen molar-refractivity contribution in [3.05, 3.63) is 122 Å². The molecule has 12 heteroatoms. The number of esters is 2. The molecule has 1 unspecified atom stereocenters. The molecule has 59 heavy (non-hydrogen) atoms. The number of phosphoric acid groups is 1. The van der Waals surface area contributed by atoms with Gasteiger partial charge in [0.15, 0.2) is 6.10 Å². The first-order chi connectivity index (χ1) is 28.6. The third-order valence-corrected chi connectivity index (χ3v) is 9.02. The van der Waals surface area contributed by atoms with E-state index < -0.39 is 44.7 Å². The van der Waals surface area contributed by atoms with E-state index in [2.05, 4.69) is 80.7 Å². The monoisotopic (exact) mass is 844 g/mol. The van der Waals surface area contributed by atoms with Crippen molar-refractivity contribution in [2.24, 2.45) is 5.73 Å². The zero-order valence-corrected chi connectivity index (χ0v) is 36.5. The summed E-state index contributed by atoms with van der Waals surface area (Å²) >= 11 is 0. The van der Waals surface area contributed by atoms with E-state index in [0.29, 0.717) is 19.3 Å². The van der Waals surface area contributed by atoms with Crippen LogP contribution in [0.2, 0.25) is 0 Å². The Kier molecular flexibility index (Phi) is 38.5. The van der Waals surface area contributed by atoms with Crippen LogP contribution in [0.25, 0.3) is 0 Å². The summed E-state index contributed by atoms with van der Waals surface area (Å²) in [7, 11) is -4.47. The third kappa shape index (κ3) is 40.9. The number of rotatable bonds is 37. The summed E-state index contributed by atoms with van der Waals surface area (Å²) in [5, 5.41) is 20.3. The van der Waals surface area contributed by atoms with Crippen LogP contribution in [-0.2, 0) is 32.7 Å². The van der Waals surface area contributed by atoms with Gasteiger partial charge in [-0.1, -0.05) is 148 Å². The molecule has 0 aliphatic carbocycles. The fourth-order valence-corrected chi connectivity index (χ4v) is 5.62. The van der Waals surface area contributed by atoms with E-state index in [1.54, 1.807) is 36.5 Å². The van der Waals surface area contributed by atoms with Crippen LogP contribution in [0, 0.1) is 0 Å². The molecule has 0 radical (unpaired) electrons. The van der Waals surface area contributed by atoms with Crippen molar-refractivity contribution < 1.29 is 47.8 Å². The lowest BCUT2D eigenvalue weighted by Gasteiger charge is -2.20. The quantitative estimate of drug-likeness (QED) is 0.0154. The molecule has 0 rings (SSSR count). The number of aliphatic hydroxyl groups is 2. The highest BCUT2D eigenvalue weighted by atomic mass is 31.2. The zero-order chi connectivity index (χ0) is 43.5. The number of carbonyl (C=O) groups is 2. The van der Waals surface area contributed by atoms with Crippen LogP contribution >= 0.6 is 7.82 Å². The second-order valence-corrected chi connectivity index (χ2v) is 15.0. The summed E-state index contributed by atoms with van der Waals surface area (Å²) in [6, 6.07) is 0. The number of unbranched alkanes of at least 4 members (excludes halogenated alkanes) is 3. The number of aliphatic hydroxyl groups excluding tert-OH is 2. The Morgan fingerprint density at radius 2 is 1.19 bits per heavy atom. The fraction of sp³-hybridized carbons (Fsp3) is 0.532. The minimum Gasteiger partial charge on any atom is -0.462 e. The maximum absolute atomic E-state index is 12.6. The van der Waals surface area contributed by atoms with E-state index in [0.717, 1.165) is 51.4 Å². The summed E-state index contributed by atoms with van der Waals surface area (Å²) in [5.41, 5.74) is 5.32. The van der Waals surface area contributed by atoms with Gasteiger partial charge in [-0.15, -0.1) is 0 Å². The Morgan fingerprint density at radius 3 is 1.76 bits per heavy atom. The van der Waals surface area contributed by atoms with Gasteiger partial charge in [-0.25, -0.2) is 4.57 Å². The summed E-state index contributed by atoms with van der Waals surface area (Å²) in [4.78, 5) is 34.8. The molecule has 332 valence electrons. The fourth-order valence-electron chi connectivity index (χ4n) is 4.85. The van der Waals surface area contributed by atoms with E-state index in [9.17, 15) is 29.3 Å². The number of allylic oxidation sites excluding steroid dienone is 17. The molecule has 0 bridgehead atoms. The average Bonchev–Trinajstić information content (AvgIpc) is 3.21. The molecule has 0 aliphatic rings. The Bertz CT molecular complexity index is 1410. The molecule has 0 saturated heterocycles. The van der Waals surface area contributed by atoms with E-state index in [-0.39, 0.29) is 39.0 Å². The topological polar surface area (TPSA) is 175 Å². The second kappa shape index (κ2) is 41.1. The van der Waals surface area contributed by atoms with Gasteiger partial charge in [0.05, 0.1) is 25.4 Å². The van der Waals surface area contributed by atoms with Gasteiger partial charge in [-0.05, 0) is 77.0 Å². The molecule has 0 amide bonds. The van der Waals surface area contributed by atoms with Gasteiger partial charge in [0.25, 0.3) is 0 Å². The third-order valence-electron chi connectivity index (χ3n) is 8.04. The van der Waals surface area contributed by atoms with E-state index >= 15 is 0 Å². The summed E-state index contributed by atoms with van der Waals surface area (Å²) in [6.07, 6.45) is 48.7. The van der Waals surface area contributed by atoms with Gasteiger partial charge < -0.3 is 30.3 Å². The minimum atomic E-state index is -4.47. The Labute approximate surface area is 355 Å². The summed E-state index contributed by atoms with van der Waals surface area (Å²) in [6.45, 7) is 3.14. The van der Waals surface area contributed by atoms with Gasteiger partial charge in [0.2, 0.25) is 0 Å². The molecule has 5 N–H and O–H groups in total. The molecule has 11 nitrogen and oxygen atoms in total. The largest absolute Gasteiger partial charge is 0.472 e. The number of ether oxygens (including phenoxy) is 2. The standard InChI is InChI=1S/C47H74NO10P/c1-3-5-7-9-11-12-13-14-15-16-17-18-19-20-21-22-23-25-31-37-46(51)55-41-45(42-57-59(53,54)56-40-39-48)58-47(52)38-32-36-44(50)35-30-27-26-29-34-43(49)33-28-24-10-8-6-4-2/h5,7,11-12,14-15,17-18,20-21,23-30,34-35,43-45,49-50H,3-4,6,8-10,13,16,19,22,31-33,36-42,48H2,1-2H3,(H,53,54)/b7-5-,12-11-,15-14-,18-17-,21-20-,25-23-,27-26+,28-24-,34-29+,35-30-/t43-,44-,45+/m0/s1. The molecule has 0 heterocycles. The predicted molar refractivity (Wildman–Crippen MR) is 240 cm³/mol. The van der Waals surface area contributed by atoms with Crippen molar-refractivity contribution in [3.63, 3.8) is 0 Å². The van der Waals surface area contributed by atoms with Crippen molar-refractivity contribution in [2.75, 3.05) is 26.4 Å². The Balaban J connectivity index is 4.58. The van der Waals surface area contributed by atoms with Gasteiger partial charge in [0, 0.05) is 19.4 Å². The number of carbonyl (C=O) groups excluding carboxylic acids is 2. The SMILES string of the molecule is CC/C=C\C/C=C\C/C=C\C/C=C\C/C=C\C/C=C\CCC(=O)OC[C@H](COP(=O)(O)OCCN)OC(=O)CCC[C@@H](O)\C=C/C=C/C=C/[C@@H](O)C/C=C\CCCCC. The van der Waals surface area contributed by atoms with Gasteiger partial charge in [-0.3, -0.25) is 18.6 Å². The predicted octanol–water partition coefficient (Wildman–Crippen LogP) is 10.1. The van der Waals surface area contributed by atoms with Crippen molar-refractivity contribution in [1.82, 2.24) is 0 Å². The molecule has 0 fully saturated rings. The zero-order valence-electron chi connectivity index (χ0n) is 35.6. The van der Waals surface area contributed by atoms with Crippen molar-refractivity contribution >= 4 is 19.8 Å². The lowest BCUT2D eigenvalue weighted by molar-refractivity contribution is -0.161. The maximum atomic E-state index is 12.6. The molecule has 0 aromatic rings. The van der Waals surface area contributed by atoms with Crippen LogP contribution in [0.3, 0.4) is 0 Å². The van der Waals surface area contributed by atoms with E-state index in [4.69, 9.17) is 24.3 Å². The molecular weight excluding hydrogens is 769 g/mol. The molecule has 4 atom stereocenters. The minimum absolute atomic E-state index is 0.00340. The first kappa shape index (κ1) is 55.3. The van der Waals surface area contributed by atoms with Gasteiger partial charge >= 0.3 is 19.8 Å². The number of hydrogen-bond acceptors (Lipinski definition) is 10. The van der Waals surface area contributed by atoms with Crippen molar-refractivity contribution in [2.45, 2.75) is 135 Å². The highest BCUT2D eigenvalue weighted by Gasteiger charge is 2.26.